The van der Waals surface area contributed by atoms with Crippen molar-refractivity contribution in [1.29, 1.82) is 0 Å². The molecule has 5 rings (SSSR count). The number of morpholine rings is 1. The van der Waals surface area contributed by atoms with Crippen molar-refractivity contribution in [1.82, 2.24) is 9.88 Å². The highest BCUT2D eigenvalue weighted by atomic mass is 16.5. The normalized spacial score (nSPS) is 13.7. The van der Waals surface area contributed by atoms with Gasteiger partial charge in [0, 0.05) is 35.3 Å². The Labute approximate surface area is 217 Å². The van der Waals surface area contributed by atoms with Crippen molar-refractivity contribution in [3.05, 3.63) is 95.1 Å². The van der Waals surface area contributed by atoms with Crippen LogP contribution < -0.4 is 5.32 Å². The fraction of sp³-hybridized carbons (Fsp3) is 0.258. The topological polar surface area (TPSA) is 71.5 Å². The Morgan fingerprint density at radius 1 is 0.919 bits per heavy atom. The van der Waals surface area contributed by atoms with Crippen molar-refractivity contribution in [2.24, 2.45) is 0 Å². The molecular formula is C31H31N3O3. The van der Waals surface area contributed by atoms with Crippen molar-refractivity contribution in [2.75, 3.05) is 31.6 Å². The molecule has 0 atom stereocenters. The van der Waals surface area contributed by atoms with Gasteiger partial charge in [0.2, 0.25) is 0 Å². The van der Waals surface area contributed by atoms with Crippen LogP contribution in [0, 0.1) is 6.92 Å². The number of aryl methyl sites for hydroxylation is 1. The highest BCUT2D eigenvalue weighted by Gasteiger charge is 2.19. The molecule has 1 saturated heterocycles. The van der Waals surface area contributed by atoms with Crippen LogP contribution in [-0.4, -0.2) is 48.0 Å². The number of anilines is 1. The molecule has 2 heterocycles. The Morgan fingerprint density at radius 3 is 2.30 bits per heavy atom. The molecule has 1 aliphatic rings. The van der Waals surface area contributed by atoms with E-state index in [2.05, 4.69) is 43.4 Å². The smallest absolute Gasteiger partial charge is 0.256 e. The zero-order valence-corrected chi connectivity index (χ0v) is 21.5. The maximum absolute atomic E-state index is 13.5. The summed E-state index contributed by atoms with van der Waals surface area (Å²) in [6.45, 7) is 8.64. The summed E-state index contributed by atoms with van der Waals surface area (Å²) in [4.78, 5) is 32.9. The van der Waals surface area contributed by atoms with Crippen LogP contribution in [0.15, 0.2) is 72.8 Å². The fourth-order valence-corrected chi connectivity index (χ4v) is 4.56. The van der Waals surface area contributed by atoms with Crippen LogP contribution in [0.3, 0.4) is 0 Å². The van der Waals surface area contributed by atoms with Crippen molar-refractivity contribution in [2.45, 2.75) is 26.7 Å². The lowest BCUT2D eigenvalue weighted by molar-refractivity contribution is 0.0303. The third-order valence-electron chi connectivity index (χ3n) is 6.77. The first-order valence-corrected chi connectivity index (χ1v) is 12.7. The van der Waals surface area contributed by atoms with Crippen molar-refractivity contribution in [3.8, 4) is 11.3 Å². The predicted octanol–water partition coefficient (Wildman–Crippen LogP) is 6.06. The molecule has 0 unspecified atom stereocenters. The van der Waals surface area contributed by atoms with Gasteiger partial charge in [0.05, 0.1) is 30.0 Å². The van der Waals surface area contributed by atoms with Crippen LogP contribution in [0.5, 0.6) is 0 Å². The first-order chi connectivity index (χ1) is 17.9. The summed E-state index contributed by atoms with van der Waals surface area (Å²) >= 11 is 0. The van der Waals surface area contributed by atoms with E-state index in [0.717, 1.165) is 27.7 Å². The minimum absolute atomic E-state index is 0.0232. The van der Waals surface area contributed by atoms with Crippen LogP contribution in [-0.2, 0) is 4.74 Å². The lowest BCUT2D eigenvalue weighted by atomic mass is 9.98. The first kappa shape index (κ1) is 24.7. The van der Waals surface area contributed by atoms with Gasteiger partial charge in [0.1, 0.15) is 0 Å². The highest BCUT2D eigenvalue weighted by Crippen LogP contribution is 2.28. The number of aromatic nitrogens is 1. The van der Waals surface area contributed by atoms with Gasteiger partial charge in [0.15, 0.2) is 0 Å². The number of amides is 2. The van der Waals surface area contributed by atoms with E-state index in [-0.39, 0.29) is 11.8 Å². The molecule has 0 bridgehead atoms. The number of benzene rings is 3. The molecule has 2 amide bonds. The van der Waals surface area contributed by atoms with E-state index in [4.69, 9.17) is 9.72 Å². The predicted molar refractivity (Wildman–Crippen MR) is 147 cm³/mol. The van der Waals surface area contributed by atoms with E-state index in [9.17, 15) is 9.59 Å². The van der Waals surface area contributed by atoms with E-state index in [1.165, 1.54) is 5.56 Å². The number of carbonyl (C=O) groups is 2. The van der Waals surface area contributed by atoms with Gasteiger partial charge in [-0.2, -0.15) is 0 Å². The molecule has 188 valence electrons. The van der Waals surface area contributed by atoms with E-state index < -0.39 is 0 Å². The Hall–Kier alpha value is -4.03. The summed E-state index contributed by atoms with van der Waals surface area (Å²) < 4.78 is 5.33. The number of hydrogen-bond donors (Lipinski definition) is 1. The lowest BCUT2D eigenvalue weighted by Gasteiger charge is -2.26. The second kappa shape index (κ2) is 10.5. The standard InChI is InChI=1S/C31H31N3O3/c1-20(2)22-5-7-23(8-6-22)29-19-27(26-18-21(3)4-13-28(26)33-29)30(35)32-25-11-9-24(10-12-25)31(36)34-14-16-37-17-15-34/h4-13,18-20H,14-17H2,1-3H3,(H,32,35). The van der Waals surface area contributed by atoms with Crippen LogP contribution >= 0.6 is 0 Å². The molecular weight excluding hydrogens is 462 g/mol. The molecule has 1 fully saturated rings. The first-order valence-electron chi connectivity index (χ1n) is 12.7. The van der Waals surface area contributed by atoms with Crippen LogP contribution in [0.4, 0.5) is 5.69 Å². The number of hydrogen-bond acceptors (Lipinski definition) is 4. The van der Waals surface area contributed by atoms with Gasteiger partial charge in [-0.25, -0.2) is 4.98 Å². The number of ether oxygens (including phenoxy) is 1. The number of nitrogens with zero attached hydrogens (tertiary/aromatic N) is 2. The Balaban J connectivity index is 1.43. The van der Waals surface area contributed by atoms with E-state index in [1.54, 1.807) is 29.2 Å². The molecule has 6 nitrogen and oxygen atoms in total. The number of fused-ring (bicyclic) bond motifs is 1. The minimum Gasteiger partial charge on any atom is -0.378 e. The van der Waals surface area contributed by atoms with Gasteiger partial charge in [-0.05, 0) is 60.9 Å². The fourth-order valence-electron chi connectivity index (χ4n) is 4.56. The van der Waals surface area contributed by atoms with E-state index in [1.807, 2.05) is 31.2 Å². The Kier molecular flexibility index (Phi) is 7.01. The largest absolute Gasteiger partial charge is 0.378 e. The van der Waals surface area contributed by atoms with Gasteiger partial charge in [-0.3, -0.25) is 9.59 Å². The molecule has 1 aliphatic heterocycles. The zero-order chi connectivity index (χ0) is 25.9. The number of pyridine rings is 1. The van der Waals surface area contributed by atoms with Gasteiger partial charge in [0.25, 0.3) is 11.8 Å². The average Bonchev–Trinajstić information content (AvgIpc) is 2.93. The van der Waals surface area contributed by atoms with E-state index >= 15 is 0 Å². The van der Waals surface area contributed by atoms with Crippen LogP contribution in [0.2, 0.25) is 0 Å². The second-order valence-electron chi connectivity index (χ2n) is 9.79. The monoisotopic (exact) mass is 493 g/mol. The number of carbonyl (C=O) groups excluding carboxylic acids is 2. The third-order valence-corrected chi connectivity index (χ3v) is 6.77. The second-order valence-corrected chi connectivity index (χ2v) is 9.79. The number of rotatable bonds is 5. The van der Waals surface area contributed by atoms with Gasteiger partial charge >= 0.3 is 0 Å². The summed E-state index contributed by atoms with van der Waals surface area (Å²) in [5.41, 5.74) is 6.59. The molecule has 0 spiro atoms. The lowest BCUT2D eigenvalue weighted by Crippen LogP contribution is -2.40. The van der Waals surface area contributed by atoms with Crippen LogP contribution in [0.1, 0.15) is 51.6 Å². The molecule has 6 heteroatoms. The summed E-state index contributed by atoms with van der Waals surface area (Å²) in [5, 5.41) is 3.81. The van der Waals surface area contributed by atoms with Crippen LogP contribution in [0.25, 0.3) is 22.2 Å². The molecule has 1 aromatic heterocycles. The Morgan fingerprint density at radius 2 is 1.62 bits per heavy atom. The van der Waals surface area contributed by atoms with Gasteiger partial charge in [-0.1, -0.05) is 49.7 Å². The minimum atomic E-state index is -0.217. The van der Waals surface area contributed by atoms with Crippen molar-refractivity contribution >= 4 is 28.4 Å². The van der Waals surface area contributed by atoms with Crippen molar-refractivity contribution in [3.63, 3.8) is 0 Å². The molecule has 3 aromatic carbocycles. The molecule has 4 aromatic rings. The third kappa shape index (κ3) is 5.39. The maximum Gasteiger partial charge on any atom is 0.256 e. The van der Waals surface area contributed by atoms with Gasteiger partial charge < -0.3 is 15.0 Å². The summed E-state index contributed by atoms with van der Waals surface area (Å²) in [5.74, 6) is 0.202. The SMILES string of the molecule is Cc1ccc2nc(-c3ccc(C(C)C)cc3)cc(C(=O)Nc3ccc(C(=O)N4CCOCC4)cc3)c2c1. The van der Waals surface area contributed by atoms with Crippen molar-refractivity contribution < 1.29 is 14.3 Å². The summed E-state index contributed by atoms with van der Waals surface area (Å²) in [6.07, 6.45) is 0. The molecule has 1 N–H and O–H groups in total. The molecule has 0 saturated carbocycles. The molecule has 0 aliphatic carbocycles. The van der Waals surface area contributed by atoms with Gasteiger partial charge in [-0.15, -0.1) is 0 Å². The molecule has 0 radical (unpaired) electrons. The highest BCUT2D eigenvalue weighted by molar-refractivity contribution is 6.13. The quantitative estimate of drug-likeness (QED) is 0.367. The van der Waals surface area contributed by atoms with E-state index in [0.29, 0.717) is 49.0 Å². The maximum atomic E-state index is 13.5. The summed E-state index contributed by atoms with van der Waals surface area (Å²) in [7, 11) is 0. The Bertz CT molecular complexity index is 1440. The molecule has 37 heavy (non-hydrogen) atoms. The summed E-state index contributed by atoms with van der Waals surface area (Å²) in [6, 6.07) is 23.2. The zero-order valence-electron chi connectivity index (χ0n) is 21.5. The number of nitrogens with one attached hydrogen (secondary N) is 1. The average molecular weight is 494 g/mol.